The molecule has 1 unspecified atom stereocenters. The van der Waals surface area contributed by atoms with E-state index in [0.29, 0.717) is 11.8 Å². The van der Waals surface area contributed by atoms with E-state index in [1.807, 2.05) is 4.90 Å². The number of anilines is 2. The van der Waals surface area contributed by atoms with Crippen LogP contribution in [0.1, 0.15) is 12.0 Å². The number of nitriles is 1. The van der Waals surface area contributed by atoms with Gasteiger partial charge in [-0.15, -0.1) is 0 Å². The van der Waals surface area contributed by atoms with Gasteiger partial charge < -0.3 is 14.5 Å². The molecule has 0 N–H and O–H groups in total. The Kier molecular flexibility index (Phi) is 7.91. The van der Waals surface area contributed by atoms with Crippen molar-refractivity contribution in [1.82, 2.24) is 4.90 Å². The van der Waals surface area contributed by atoms with Gasteiger partial charge in [0.25, 0.3) is 10.0 Å². The standard InChI is InChI=1S/C28H22F6N4O4S/c29-20-10-18(11-22(14-20)42-27(30)31)17-4-5-24-25(12-17)38(16-21-15-36(8-9-37(21)24)26(39)6-7-35)43(40,41)23-3-1-2-19(13-23)28(32,33)34/h1-5,10-14,21,27H,6,8-9,15-16H2. The highest BCUT2D eigenvalue weighted by molar-refractivity contribution is 7.92. The van der Waals surface area contributed by atoms with Gasteiger partial charge in [-0.05, 0) is 53.6 Å². The predicted octanol–water partition coefficient (Wildman–Crippen LogP) is 5.25. The summed E-state index contributed by atoms with van der Waals surface area (Å²) in [5.74, 6) is -1.80. The van der Waals surface area contributed by atoms with Crippen molar-refractivity contribution in [2.45, 2.75) is 30.1 Å². The van der Waals surface area contributed by atoms with Crippen molar-refractivity contribution in [2.24, 2.45) is 0 Å². The van der Waals surface area contributed by atoms with E-state index >= 15 is 0 Å². The number of halogens is 6. The van der Waals surface area contributed by atoms with Gasteiger partial charge in [-0.2, -0.15) is 27.2 Å². The molecule has 2 heterocycles. The first-order valence-electron chi connectivity index (χ1n) is 12.8. The Bertz CT molecular complexity index is 1710. The van der Waals surface area contributed by atoms with E-state index in [1.54, 1.807) is 6.07 Å². The summed E-state index contributed by atoms with van der Waals surface area (Å²) in [4.78, 5) is 15.1. The molecule has 3 aromatic rings. The third-order valence-corrected chi connectivity index (χ3v) is 8.95. The first-order valence-corrected chi connectivity index (χ1v) is 14.2. The van der Waals surface area contributed by atoms with Crippen molar-refractivity contribution in [3.05, 3.63) is 72.0 Å². The van der Waals surface area contributed by atoms with Crippen LogP contribution in [0.4, 0.5) is 37.7 Å². The van der Waals surface area contributed by atoms with E-state index in [0.717, 1.165) is 40.7 Å². The second-order valence-electron chi connectivity index (χ2n) is 9.84. The van der Waals surface area contributed by atoms with E-state index in [1.165, 1.54) is 23.1 Å². The molecule has 2 aliphatic heterocycles. The Balaban J connectivity index is 1.62. The van der Waals surface area contributed by atoms with E-state index in [4.69, 9.17) is 5.26 Å². The maximum Gasteiger partial charge on any atom is 0.416 e. The lowest BCUT2D eigenvalue weighted by atomic mass is 10.00. The normalized spacial score (nSPS) is 16.9. The molecule has 0 radical (unpaired) electrons. The smallest absolute Gasteiger partial charge is 0.416 e. The van der Waals surface area contributed by atoms with Gasteiger partial charge >= 0.3 is 12.8 Å². The number of hydrogen-bond acceptors (Lipinski definition) is 6. The number of hydrogen-bond donors (Lipinski definition) is 0. The van der Waals surface area contributed by atoms with Gasteiger partial charge in [0.2, 0.25) is 5.91 Å². The number of fused-ring (bicyclic) bond motifs is 3. The maximum absolute atomic E-state index is 14.3. The number of carbonyl (C=O) groups is 1. The SMILES string of the molecule is N#CCC(=O)N1CCN2c3ccc(-c4cc(F)cc(OC(F)F)c4)cc3N(S(=O)(=O)c3cccc(C(F)(F)F)c3)CC2C1. The van der Waals surface area contributed by atoms with Crippen molar-refractivity contribution in [3.8, 4) is 22.9 Å². The van der Waals surface area contributed by atoms with E-state index in [-0.39, 0.29) is 49.4 Å². The fourth-order valence-electron chi connectivity index (χ4n) is 5.26. The maximum atomic E-state index is 14.3. The Labute approximate surface area is 242 Å². The molecule has 1 amide bonds. The lowest BCUT2D eigenvalue weighted by molar-refractivity contribution is -0.137. The number of piperazine rings is 1. The highest BCUT2D eigenvalue weighted by Gasteiger charge is 2.41. The van der Waals surface area contributed by atoms with Gasteiger partial charge in [0, 0.05) is 25.7 Å². The monoisotopic (exact) mass is 624 g/mol. The number of carbonyl (C=O) groups excluding carboxylic acids is 1. The zero-order valence-corrected chi connectivity index (χ0v) is 22.9. The molecule has 1 saturated heterocycles. The molecule has 1 fully saturated rings. The van der Waals surface area contributed by atoms with Crippen LogP contribution in [0.25, 0.3) is 11.1 Å². The van der Waals surface area contributed by atoms with Crippen LogP contribution in [-0.4, -0.2) is 58.1 Å². The number of sulfonamides is 1. The number of alkyl halides is 5. The predicted molar refractivity (Wildman–Crippen MR) is 142 cm³/mol. The van der Waals surface area contributed by atoms with Crippen LogP contribution in [0, 0.1) is 17.1 Å². The van der Waals surface area contributed by atoms with Crippen molar-refractivity contribution in [1.29, 1.82) is 5.26 Å². The largest absolute Gasteiger partial charge is 0.435 e. The van der Waals surface area contributed by atoms with E-state index in [2.05, 4.69) is 4.74 Å². The summed E-state index contributed by atoms with van der Waals surface area (Å²) in [5.41, 5.74) is -0.419. The molecule has 226 valence electrons. The number of ether oxygens (including phenoxy) is 1. The van der Waals surface area contributed by atoms with E-state index < -0.39 is 56.8 Å². The molecule has 8 nitrogen and oxygen atoms in total. The molecule has 0 aliphatic carbocycles. The fourth-order valence-corrected chi connectivity index (χ4v) is 6.81. The summed E-state index contributed by atoms with van der Waals surface area (Å²) in [7, 11) is -4.63. The van der Waals surface area contributed by atoms with Gasteiger partial charge in [-0.3, -0.25) is 9.10 Å². The summed E-state index contributed by atoms with van der Waals surface area (Å²) in [6, 6.07) is 11.8. The molecule has 0 saturated carbocycles. The molecule has 0 spiro atoms. The van der Waals surface area contributed by atoms with Gasteiger partial charge in [0.1, 0.15) is 18.0 Å². The lowest BCUT2D eigenvalue weighted by Crippen LogP contribution is -2.61. The molecule has 1 atom stereocenters. The minimum Gasteiger partial charge on any atom is -0.435 e. The fraction of sp³-hybridized carbons (Fsp3) is 0.286. The summed E-state index contributed by atoms with van der Waals surface area (Å²) in [6.45, 7) is -2.95. The topological polar surface area (TPSA) is 94.0 Å². The molecule has 15 heteroatoms. The second-order valence-corrected chi connectivity index (χ2v) is 11.7. The Morgan fingerprint density at radius 1 is 1.00 bits per heavy atom. The van der Waals surface area contributed by atoms with Crippen LogP contribution in [0.5, 0.6) is 5.75 Å². The molecule has 43 heavy (non-hydrogen) atoms. The van der Waals surface area contributed by atoms with Crippen LogP contribution >= 0.6 is 0 Å². The van der Waals surface area contributed by atoms with Gasteiger partial charge in [0.15, 0.2) is 0 Å². The second kappa shape index (κ2) is 11.3. The third kappa shape index (κ3) is 6.05. The molecule has 3 aromatic carbocycles. The van der Waals surface area contributed by atoms with Crippen LogP contribution in [0.3, 0.4) is 0 Å². The molecule has 0 bridgehead atoms. The van der Waals surface area contributed by atoms with Gasteiger partial charge in [-0.1, -0.05) is 12.1 Å². The summed E-state index contributed by atoms with van der Waals surface area (Å²) in [6.07, 6.45) is -5.18. The van der Waals surface area contributed by atoms with Crippen molar-refractivity contribution in [3.63, 3.8) is 0 Å². The van der Waals surface area contributed by atoms with Crippen LogP contribution in [-0.2, 0) is 21.0 Å². The quantitative estimate of drug-likeness (QED) is 0.348. The summed E-state index contributed by atoms with van der Waals surface area (Å²) in [5, 5.41) is 8.94. The zero-order chi connectivity index (χ0) is 31.1. The summed E-state index contributed by atoms with van der Waals surface area (Å²) < 4.78 is 113. The van der Waals surface area contributed by atoms with E-state index in [9.17, 15) is 39.6 Å². The minimum atomic E-state index is -4.81. The zero-order valence-electron chi connectivity index (χ0n) is 22.1. The Hall–Kier alpha value is -4.45. The Morgan fingerprint density at radius 2 is 1.77 bits per heavy atom. The van der Waals surface area contributed by atoms with Crippen LogP contribution in [0.2, 0.25) is 0 Å². The molecule has 5 rings (SSSR count). The molecule has 0 aromatic heterocycles. The third-order valence-electron chi connectivity index (χ3n) is 7.17. The summed E-state index contributed by atoms with van der Waals surface area (Å²) >= 11 is 0. The highest BCUT2D eigenvalue weighted by Crippen LogP contribution is 2.43. The number of benzene rings is 3. The van der Waals surface area contributed by atoms with Gasteiger partial charge in [0.05, 0.1) is 40.5 Å². The van der Waals surface area contributed by atoms with Crippen molar-refractivity contribution in [2.75, 3.05) is 35.4 Å². The van der Waals surface area contributed by atoms with Crippen molar-refractivity contribution >= 4 is 27.3 Å². The van der Waals surface area contributed by atoms with Crippen molar-refractivity contribution < 1.29 is 44.3 Å². The van der Waals surface area contributed by atoms with Crippen LogP contribution in [0.15, 0.2) is 65.6 Å². The van der Waals surface area contributed by atoms with Crippen LogP contribution < -0.4 is 13.9 Å². The molecular formula is C28H22F6N4O4S. The minimum absolute atomic E-state index is 0.0501. The number of amides is 1. The average Bonchev–Trinajstić information content (AvgIpc) is 2.95. The average molecular weight is 625 g/mol. The van der Waals surface area contributed by atoms with Gasteiger partial charge in [-0.25, -0.2) is 12.8 Å². The lowest BCUT2D eigenvalue weighted by Gasteiger charge is -2.49. The Morgan fingerprint density at radius 3 is 2.47 bits per heavy atom. The molecular weight excluding hydrogens is 602 g/mol. The highest BCUT2D eigenvalue weighted by atomic mass is 32.2. The first kappa shape index (κ1) is 30.0. The number of rotatable bonds is 6. The molecule has 2 aliphatic rings. The first-order chi connectivity index (χ1) is 20.3. The number of nitrogens with zero attached hydrogens (tertiary/aromatic N) is 4.